The summed E-state index contributed by atoms with van der Waals surface area (Å²) in [5.74, 6) is 0.617. The highest BCUT2D eigenvalue weighted by Crippen LogP contribution is 2.19. The molecule has 1 heterocycles. The third-order valence-corrected chi connectivity index (χ3v) is 4.07. The molecule has 0 aliphatic carbocycles. The minimum atomic E-state index is -0.655. The van der Waals surface area contributed by atoms with Crippen molar-refractivity contribution in [1.82, 2.24) is 9.55 Å². The molecule has 3 aromatic rings. The van der Waals surface area contributed by atoms with Crippen LogP contribution in [0.15, 0.2) is 54.9 Å². The molecule has 25 heavy (non-hydrogen) atoms. The van der Waals surface area contributed by atoms with E-state index in [1.165, 1.54) is 6.92 Å². The van der Waals surface area contributed by atoms with Crippen LogP contribution in [0.1, 0.15) is 6.92 Å². The molecule has 1 unspecified atom stereocenters. The Labute approximate surface area is 146 Å². The Hall–Kier alpha value is -2.86. The fraction of sp³-hybridized carbons (Fsp3) is 0.263. The molecule has 1 N–H and O–H groups in total. The molecule has 0 aliphatic heterocycles. The van der Waals surface area contributed by atoms with E-state index in [-0.39, 0.29) is 12.5 Å². The fourth-order valence-electron chi connectivity index (χ4n) is 2.58. The molecule has 1 amide bonds. The third-order valence-electron chi connectivity index (χ3n) is 4.07. The Balaban J connectivity index is 1.57. The number of carbonyl (C=O) groups excluding carboxylic acids is 1. The van der Waals surface area contributed by atoms with E-state index >= 15 is 0 Å². The van der Waals surface area contributed by atoms with Crippen molar-refractivity contribution >= 4 is 22.6 Å². The van der Waals surface area contributed by atoms with Gasteiger partial charge in [0.05, 0.1) is 23.9 Å². The molecule has 3 rings (SSSR count). The van der Waals surface area contributed by atoms with Crippen LogP contribution < -0.4 is 9.64 Å². The van der Waals surface area contributed by atoms with Gasteiger partial charge in [0.2, 0.25) is 5.91 Å². The maximum absolute atomic E-state index is 11.3. The second-order valence-electron chi connectivity index (χ2n) is 5.92. The van der Waals surface area contributed by atoms with Crippen molar-refractivity contribution in [3.05, 3.63) is 54.9 Å². The molecule has 0 radical (unpaired) electrons. The van der Waals surface area contributed by atoms with Crippen LogP contribution >= 0.6 is 0 Å². The molecule has 1 atom stereocenters. The molecule has 6 heteroatoms. The number of carbonyl (C=O) groups is 1. The summed E-state index contributed by atoms with van der Waals surface area (Å²) < 4.78 is 7.55. The van der Waals surface area contributed by atoms with Crippen molar-refractivity contribution in [2.75, 3.05) is 18.6 Å². The minimum absolute atomic E-state index is 0.0309. The first-order valence-corrected chi connectivity index (χ1v) is 8.09. The molecule has 130 valence electrons. The number of amides is 1. The number of benzene rings is 2. The van der Waals surface area contributed by atoms with Crippen molar-refractivity contribution in [2.24, 2.45) is 0 Å². The number of fused-ring (bicyclic) bond motifs is 1. The van der Waals surface area contributed by atoms with Crippen LogP contribution in [0.3, 0.4) is 0 Å². The Bertz CT molecular complexity index is 858. The van der Waals surface area contributed by atoms with Gasteiger partial charge in [0.25, 0.3) is 0 Å². The lowest BCUT2D eigenvalue weighted by atomic mass is 10.2. The Morgan fingerprint density at radius 1 is 1.24 bits per heavy atom. The summed E-state index contributed by atoms with van der Waals surface area (Å²) in [6.07, 6.45) is 1.07. The number of hydrogen-bond donors (Lipinski definition) is 1. The summed E-state index contributed by atoms with van der Waals surface area (Å²) in [5, 5.41) is 10.2. The van der Waals surface area contributed by atoms with Crippen LogP contribution in [0.5, 0.6) is 5.75 Å². The number of para-hydroxylation sites is 2. The predicted octanol–water partition coefficient (Wildman–Crippen LogP) is 2.46. The second-order valence-corrected chi connectivity index (χ2v) is 5.92. The molecular weight excluding hydrogens is 318 g/mol. The van der Waals surface area contributed by atoms with Crippen molar-refractivity contribution in [3.63, 3.8) is 0 Å². The molecular formula is C19H21N3O3. The summed E-state index contributed by atoms with van der Waals surface area (Å²) in [5.41, 5.74) is 2.68. The van der Waals surface area contributed by atoms with Gasteiger partial charge in [-0.1, -0.05) is 12.1 Å². The predicted molar refractivity (Wildman–Crippen MR) is 96.8 cm³/mol. The van der Waals surface area contributed by atoms with Crippen LogP contribution in [0.25, 0.3) is 11.0 Å². The van der Waals surface area contributed by atoms with E-state index < -0.39 is 6.10 Å². The second kappa shape index (κ2) is 7.36. The number of nitrogens with zero attached hydrogens (tertiary/aromatic N) is 3. The van der Waals surface area contributed by atoms with Gasteiger partial charge in [-0.15, -0.1) is 0 Å². The van der Waals surface area contributed by atoms with Gasteiger partial charge in [0.15, 0.2) is 0 Å². The highest BCUT2D eigenvalue weighted by Gasteiger charge is 2.10. The maximum Gasteiger partial charge on any atom is 0.223 e. The Morgan fingerprint density at radius 3 is 2.68 bits per heavy atom. The van der Waals surface area contributed by atoms with E-state index in [0.717, 1.165) is 16.7 Å². The van der Waals surface area contributed by atoms with E-state index in [4.69, 9.17) is 4.74 Å². The number of anilines is 1. The van der Waals surface area contributed by atoms with Crippen LogP contribution in [-0.2, 0) is 11.3 Å². The smallest absolute Gasteiger partial charge is 0.223 e. The monoisotopic (exact) mass is 339 g/mol. The van der Waals surface area contributed by atoms with Gasteiger partial charge in [-0.25, -0.2) is 4.98 Å². The first-order chi connectivity index (χ1) is 12.0. The molecule has 0 aliphatic rings. The first-order valence-electron chi connectivity index (χ1n) is 8.09. The largest absolute Gasteiger partial charge is 0.491 e. The number of imidazole rings is 1. The van der Waals surface area contributed by atoms with Crippen molar-refractivity contribution in [2.45, 2.75) is 19.6 Å². The SMILES string of the molecule is CC(=O)N(C)c1ccc(OCC(O)Cn2cnc3ccccc32)cc1. The number of aliphatic hydroxyl groups excluding tert-OH is 1. The molecule has 0 saturated carbocycles. The lowest BCUT2D eigenvalue weighted by Gasteiger charge is -2.16. The van der Waals surface area contributed by atoms with E-state index in [1.807, 2.05) is 41.0 Å². The lowest BCUT2D eigenvalue weighted by Crippen LogP contribution is -2.23. The maximum atomic E-state index is 11.3. The topological polar surface area (TPSA) is 67.6 Å². The first kappa shape index (κ1) is 17.0. The van der Waals surface area contributed by atoms with Gasteiger partial charge in [0, 0.05) is 19.7 Å². The highest BCUT2D eigenvalue weighted by molar-refractivity contribution is 5.90. The molecule has 2 aromatic carbocycles. The zero-order valence-corrected chi connectivity index (χ0v) is 14.3. The summed E-state index contributed by atoms with van der Waals surface area (Å²) >= 11 is 0. The highest BCUT2D eigenvalue weighted by atomic mass is 16.5. The molecule has 0 spiro atoms. The number of hydrogen-bond acceptors (Lipinski definition) is 4. The minimum Gasteiger partial charge on any atom is -0.491 e. The molecule has 0 fully saturated rings. The average Bonchev–Trinajstić information content (AvgIpc) is 3.03. The van der Waals surface area contributed by atoms with Crippen LogP contribution in [0.4, 0.5) is 5.69 Å². The van der Waals surface area contributed by atoms with Crippen LogP contribution in [-0.4, -0.2) is 40.3 Å². The number of aromatic nitrogens is 2. The molecule has 0 saturated heterocycles. The van der Waals surface area contributed by atoms with E-state index in [9.17, 15) is 9.90 Å². The van der Waals surface area contributed by atoms with Gasteiger partial charge in [-0.2, -0.15) is 0 Å². The van der Waals surface area contributed by atoms with Gasteiger partial charge < -0.3 is 19.3 Å². The molecule has 0 bridgehead atoms. The summed E-state index contributed by atoms with van der Waals surface area (Å²) in [7, 11) is 1.72. The van der Waals surface area contributed by atoms with E-state index in [0.29, 0.717) is 12.3 Å². The number of aliphatic hydroxyl groups is 1. The Kier molecular flexibility index (Phi) is 5.00. The fourth-order valence-corrected chi connectivity index (χ4v) is 2.58. The Morgan fingerprint density at radius 2 is 1.96 bits per heavy atom. The summed E-state index contributed by atoms with van der Waals surface area (Å²) in [6.45, 7) is 2.10. The number of ether oxygens (including phenoxy) is 1. The average molecular weight is 339 g/mol. The van der Waals surface area contributed by atoms with Crippen molar-refractivity contribution < 1.29 is 14.6 Å². The van der Waals surface area contributed by atoms with Crippen molar-refractivity contribution in [3.8, 4) is 5.75 Å². The van der Waals surface area contributed by atoms with Gasteiger partial charge in [-0.05, 0) is 36.4 Å². The van der Waals surface area contributed by atoms with E-state index in [1.54, 1.807) is 30.4 Å². The summed E-state index contributed by atoms with van der Waals surface area (Å²) in [6, 6.07) is 15.0. The van der Waals surface area contributed by atoms with E-state index in [2.05, 4.69) is 4.98 Å². The summed E-state index contributed by atoms with van der Waals surface area (Å²) in [4.78, 5) is 17.2. The third kappa shape index (κ3) is 3.97. The zero-order valence-electron chi connectivity index (χ0n) is 14.3. The van der Waals surface area contributed by atoms with Gasteiger partial charge >= 0.3 is 0 Å². The quantitative estimate of drug-likeness (QED) is 0.749. The zero-order chi connectivity index (χ0) is 17.8. The lowest BCUT2D eigenvalue weighted by molar-refractivity contribution is -0.116. The van der Waals surface area contributed by atoms with Crippen molar-refractivity contribution in [1.29, 1.82) is 0 Å². The van der Waals surface area contributed by atoms with Gasteiger partial charge in [0.1, 0.15) is 18.5 Å². The van der Waals surface area contributed by atoms with Crippen LogP contribution in [0, 0.1) is 0 Å². The molecule has 1 aromatic heterocycles. The van der Waals surface area contributed by atoms with Crippen LogP contribution in [0.2, 0.25) is 0 Å². The number of rotatable bonds is 6. The van der Waals surface area contributed by atoms with Gasteiger partial charge in [-0.3, -0.25) is 4.79 Å². The normalized spacial score (nSPS) is 12.1. The molecule has 6 nitrogen and oxygen atoms in total. The standard InChI is InChI=1S/C19H21N3O3/c1-14(23)21(2)15-7-9-17(10-8-15)25-12-16(24)11-22-13-20-18-5-3-4-6-19(18)22/h3-10,13,16,24H,11-12H2,1-2H3.